The number of amides is 1. The molecule has 1 aromatic heterocycles. The van der Waals surface area contributed by atoms with Crippen molar-refractivity contribution in [3.63, 3.8) is 0 Å². The minimum atomic E-state index is -0.236. The van der Waals surface area contributed by atoms with E-state index in [2.05, 4.69) is 20.6 Å². The number of nitrogens with zero attached hydrogens (tertiary/aromatic N) is 3. The molecule has 0 fully saturated rings. The van der Waals surface area contributed by atoms with Crippen molar-refractivity contribution < 1.29 is 4.79 Å². The summed E-state index contributed by atoms with van der Waals surface area (Å²) in [5.41, 5.74) is 1.86. The molecule has 1 rings (SSSR count). The van der Waals surface area contributed by atoms with Crippen molar-refractivity contribution in [1.82, 2.24) is 20.5 Å². The van der Waals surface area contributed by atoms with Crippen LogP contribution in [0.4, 0.5) is 0 Å². The van der Waals surface area contributed by atoms with Crippen LogP contribution >= 0.6 is 0 Å². The van der Waals surface area contributed by atoms with E-state index in [0.717, 1.165) is 11.3 Å². The minimum absolute atomic E-state index is 0.0352. The molecular formula is C16H27N5O. The zero-order valence-corrected chi connectivity index (χ0v) is 14.4. The number of aliphatic imine (C=N–C) groups is 1. The fourth-order valence-corrected chi connectivity index (χ4v) is 2.00. The van der Waals surface area contributed by atoms with Crippen molar-refractivity contribution in [2.45, 2.75) is 39.8 Å². The van der Waals surface area contributed by atoms with Crippen molar-refractivity contribution >= 4 is 11.9 Å². The Morgan fingerprint density at radius 2 is 2.09 bits per heavy atom. The highest BCUT2D eigenvalue weighted by molar-refractivity contribution is 5.86. The van der Waals surface area contributed by atoms with Crippen LogP contribution in [0.5, 0.6) is 0 Å². The SMILES string of the molecule is CN=C(NCc1ncccc1C)N(C)CC(=O)NC(C)(C)C. The fraction of sp³-hybridized carbons (Fsp3) is 0.562. The molecule has 6 heteroatoms. The van der Waals surface area contributed by atoms with E-state index in [0.29, 0.717) is 12.5 Å². The molecule has 22 heavy (non-hydrogen) atoms. The maximum atomic E-state index is 12.0. The summed E-state index contributed by atoms with van der Waals surface area (Å²) in [7, 11) is 3.54. The lowest BCUT2D eigenvalue weighted by molar-refractivity contribution is -0.122. The van der Waals surface area contributed by atoms with Crippen LogP contribution < -0.4 is 10.6 Å². The Morgan fingerprint density at radius 3 is 2.64 bits per heavy atom. The third-order valence-electron chi connectivity index (χ3n) is 3.00. The van der Waals surface area contributed by atoms with Crippen LogP contribution in [0.15, 0.2) is 23.3 Å². The van der Waals surface area contributed by atoms with Gasteiger partial charge in [-0.2, -0.15) is 0 Å². The number of hydrogen-bond donors (Lipinski definition) is 2. The zero-order valence-electron chi connectivity index (χ0n) is 14.4. The molecule has 2 N–H and O–H groups in total. The largest absolute Gasteiger partial charge is 0.351 e. The van der Waals surface area contributed by atoms with Gasteiger partial charge >= 0.3 is 0 Å². The smallest absolute Gasteiger partial charge is 0.240 e. The van der Waals surface area contributed by atoms with Crippen LogP contribution in [0.3, 0.4) is 0 Å². The highest BCUT2D eigenvalue weighted by Crippen LogP contribution is 2.03. The zero-order chi connectivity index (χ0) is 16.8. The number of guanidine groups is 1. The summed E-state index contributed by atoms with van der Waals surface area (Å²) in [6.07, 6.45) is 1.77. The second kappa shape index (κ2) is 7.77. The maximum Gasteiger partial charge on any atom is 0.240 e. The van der Waals surface area contributed by atoms with Gasteiger partial charge in [-0.25, -0.2) is 0 Å². The second-order valence-electron chi connectivity index (χ2n) is 6.32. The summed E-state index contributed by atoms with van der Waals surface area (Å²) in [4.78, 5) is 22.3. The molecule has 0 spiro atoms. The Hall–Kier alpha value is -2.11. The summed E-state index contributed by atoms with van der Waals surface area (Å²) in [5.74, 6) is 0.626. The van der Waals surface area contributed by atoms with E-state index in [1.807, 2.05) is 46.9 Å². The van der Waals surface area contributed by atoms with Crippen molar-refractivity contribution in [3.8, 4) is 0 Å². The number of carbonyl (C=O) groups excluding carboxylic acids is 1. The summed E-state index contributed by atoms with van der Waals surface area (Å²) in [6.45, 7) is 8.72. The quantitative estimate of drug-likeness (QED) is 0.650. The van der Waals surface area contributed by atoms with Gasteiger partial charge < -0.3 is 15.5 Å². The molecule has 0 aliphatic heterocycles. The lowest BCUT2D eigenvalue weighted by atomic mass is 10.1. The molecule has 0 aliphatic carbocycles. The summed E-state index contributed by atoms with van der Waals surface area (Å²) >= 11 is 0. The monoisotopic (exact) mass is 305 g/mol. The predicted octanol–water partition coefficient (Wildman–Crippen LogP) is 1.31. The second-order valence-corrected chi connectivity index (χ2v) is 6.32. The summed E-state index contributed by atoms with van der Waals surface area (Å²) < 4.78 is 0. The van der Waals surface area contributed by atoms with Crippen LogP contribution in [0.1, 0.15) is 32.0 Å². The molecule has 0 unspecified atom stereocenters. The van der Waals surface area contributed by atoms with Gasteiger partial charge in [-0.15, -0.1) is 0 Å². The number of pyridine rings is 1. The molecule has 6 nitrogen and oxygen atoms in total. The Labute approximate surface area is 133 Å². The van der Waals surface area contributed by atoms with Crippen molar-refractivity contribution in [1.29, 1.82) is 0 Å². The van der Waals surface area contributed by atoms with E-state index < -0.39 is 0 Å². The molecule has 1 aromatic rings. The van der Waals surface area contributed by atoms with Gasteiger partial charge in [0.25, 0.3) is 0 Å². The van der Waals surface area contributed by atoms with E-state index in [4.69, 9.17) is 0 Å². The Morgan fingerprint density at radius 1 is 1.41 bits per heavy atom. The highest BCUT2D eigenvalue weighted by atomic mass is 16.2. The summed E-state index contributed by atoms with van der Waals surface area (Å²) in [6, 6.07) is 3.93. The number of aromatic nitrogens is 1. The standard InChI is InChI=1S/C16H27N5O/c1-12-8-7-9-18-13(12)10-19-15(17-5)21(6)11-14(22)20-16(2,3)4/h7-9H,10-11H2,1-6H3,(H,17,19)(H,20,22). The molecule has 0 saturated heterocycles. The van der Waals surface area contributed by atoms with Crippen molar-refractivity contribution in [3.05, 3.63) is 29.6 Å². The number of likely N-dealkylation sites (N-methyl/N-ethyl adjacent to an activating group) is 1. The number of rotatable bonds is 4. The van der Waals surface area contributed by atoms with E-state index >= 15 is 0 Å². The van der Waals surface area contributed by atoms with Crippen LogP contribution in [0.25, 0.3) is 0 Å². The Balaban J connectivity index is 2.57. The van der Waals surface area contributed by atoms with Gasteiger partial charge in [0.1, 0.15) is 0 Å². The molecule has 1 amide bonds. The van der Waals surface area contributed by atoms with E-state index in [1.54, 1.807) is 18.1 Å². The van der Waals surface area contributed by atoms with Gasteiger partial charge in [0, 0.05) is 25.8 Å². The molecule has 122 valence electrons. The maximum absolute atomic E-state index is 12.0. The molecule has 0 radical (unpaired) electrons. The predicted molar refractivity (Wildman–Crippen MR) is 89.7 cm³/mol. The van der Waals surface area contributed by atoms with Crippen LogP contribution in [-0.2, 0) is 11.3 Å². The third-order valence-corrected chi connectivity index (χ3v) is 3.00. The molecule has 0 bridgehead atoms. The first-order valence-electron chi connectivity index (χ1n) is 7.36. The van der Waals surface area contributed by atoms with E-state index in [-0.39, 0.29) is 18.0 Å². The highest BCUT2D eigenvalue weighted by Gasteiger charge is 2.16. The van der Waals surface area contributed by atoms with Gasteiger partial charge in [0.05, 0.1) is 18.8 Å². The topological polar surface area (TPSA) is 69.6 Å². The lowest BCUT2D eigenvalue weighted by Gasteiger charge is -2.25. The van der Waals surface area contributed by atoms with E-state index in [9.17, 15) is 4.79 Å². The van der Waals surface area contributed by atoms with Gasteiger partial charge in [0.15, 0.2) is 5.96 Å². The number of aryl methyl sites for hydroxylation is 1. The first-order valence-corrected chi connectivity index (χ1v) is 7.36. The first-order chi connectivity index (χ1) is 10.2. The van der Waals surface area contributed by atoms with Gasteiger partial charge in [0.2, 0.25) is 5.91 Å². The van der Waals surface area contributed by atoms with E-state index in [1.165, 1.54) is 0 Å². The molecule has 0 aliphatic rings. The van der Waals surface area contributed by atoms with Gasteiger partial charge in [-0.1, -0.05) is 6.07 Å². The minimum Gasteiger partial charge on any atom is -0.351 e. The van der Waals surface area contributed by atoms with Crippen molar-refractivity contribution in [2.24, 2.45) is 4.99 Å². The van der Waals surface area contributed by atoms with Crippen LogP contribution in [0.2, 0.25) is 0 Å². The summed E-state index contributed by atoms with van der Waals surface area (Å²) in [5, 5.41) is 6.16. The average Bonchev–Trinajstić information content (AvgIpc) is 2.39. The Bertz CT molecular complexity index is 534. The van der Waals surface area contributed by atoms with Crippen molar-refractivity contribution in [2.75, 3.05) is 20.6 Å². The number of carbonyl (C=O) groups is 1. The number of nitrogens with one attached hydrogen (secondary N) is 2. The third kappa shape index (κ3) is 6.11. The average molecular weight is 305 g/mol. The molecular weight excluding hydrogens is 278 g/mol. The number of hydrogen-bond acceptors (Lipinski definition) is 3. The van der Waals surface area contributed by atoms with Crippen LogP contribution in [-0.4, -0.2) is 47.9 Å². The molecule has 0 saturated carbocycles. The normalized spacial score (nSPS) is 12.0. The van der Waals surface area contributed by atoms with Gasteiger partial charge in [-0.05, 0) is 39.3 Å². The molecule has 0 aromatic carbocycles. The first kappa shape index (κ1) is 17.9. The van der Waals surface area contributed by atoms with Gasteiger partial charge in [-0.3, -0.25) is 14.8 Å². The lowest BCUT2D eigenvalue weighted by Crippen LogP contribution is -2.48. The molecule has 1 heterocycles. The van der Waals surface area contributed by atoms with Crippen LogP contribution in [0, 0.1) is 6.92 Å². The molecule has 0 atom stereocenters. The Kier molecular flexibility index (Phi) is 6.34. The fourth-order valence-electron chi connectivity index (χ4n) is 2.00.